The Hall–Kier alpha value is -4.63. The molecule has 41 heavy (non-hydrogen) atoms. The zero-order chi connectivity index (χ0) is 28.6. The molecule has 6 rings (SSSR count). The molecule has 9 heteroatoms. The normalized spacial score (nSPS) is 14.0. The van der Waals surface area contributed by atoms with Crippen molar-refractivity contribution >= 4 is 37.8 Å². The Bertz CT molecular complexity index is 1910. The van der Waals surface area contributed by atoms with Crippen molar-refractivity contribution in [2.24, 2.45) is 0 Å². The van der Waals surface area contributed by atoms with Gasteiger partial charge in [0.25, 0.3) is 0 Å². The molecule has 0 radical (unpaired) electrons. The second-order valence-corrected chi connectivity index (χ2v) is 11.8. The van der Waals surface area contributed by atoms with Gasteiger partial charge < -0.3 is 9.47 Å². The molecule has 2 aromatic heterocycles. The summed E-state index contributed by atoms with van der Waals surface area (Å²) in [5, 5.41) is 5.73. The minimum Gasteiger partial charge on any atom is -0.497 e. The third kappa shape index (κ3) is 5.40. The van der Waals surface area contributed by atoms with E-state index in [9.17, 15) is 8.42 Å². The van der Waals surface area contributed by atoms with Crippen LogP contribution in [-0.4, -0.2) is 36.5 Å². The summed E-state index contributed by atoms with van der Waals surface area (Å²) in [6.45, 7) is 3.06. The van der Waals surface area contributed by atoms with Crippen LogP contribution in [0.3, 0.4) is 0 Å². The summed E-state index contributed by atoms with van der Waals surface area (Å²) in [6.07, 6.45) is 5.49. The lowest BCUT2D eigenvalue weighted by Crippen LogP contribution is -2.09. The molecule has 208 valence electrons. The Morgan fingerprint density at radius 3 is 2.71 bits per heavy atom. The van der Waals surface area contributed by atoms with Crippen LogP contribution in [0.2, 0.25) is 0 Å². The number of anilines is 1. The van der Waals surface area contributed by atoms with Gasteiger partial charge in [0.05, 0.1) is 31.6 Å². The van der Waals surface area contributed by atoms with Crippen LogP contribution in [0.1, 0.15) is 41.2 Å². The Labute approximate surface area is 239 Å². The molecule has 8 nitrogen and oxygen atoms in total. The number of nitrogens with one attached hydrogen (secondary N) is 1. The maximum absolute atomic E-state index is 11.9. The van der Waals surface area contributed by atoms with E-state index in [1.165, 1.54) is 0 Å². The van der Waals surface area contributed by atoms with Crippen LogP contribution >= 0.6 is 0 Å². The fourth-order valence-electron chi connectivity index (χ4n) is 5.41. The van der Waals surface area contributed by atoms with Crippen molar-refractivity contribution in [2.75, 3.05) is 18.1 Å². The van der Waals surface area contributed by atoms with Gasteiger partial charge in [-0.25, -0.2) is 13.4 Å². The maximum Gasteiger partial charge on any atom is 0.229 e. The molecular weight excluding hydrogens is 536 g/mol. The Morgan fingerprint density at radius 1 is 1.05 bits per heavy atom. The summed E-state index contributed by atoms with van der Waals surface area (Å²) in [7, 11) is -1.75. The number of methoxy groups -OCH3 is 1. The minimum absolute atomic E-state index is 0.357. The van der Waals surface area contributed by atoms with Crippen LogP contribution in [0.25, 0.3) is 22.0 Å². The number of aromatic nitrogens is 3. The molecule has 1 aliphatic rings. The highest BCUT2D eigenvalue weighted by Gasteiger charge is 2.25. The third-order valence-corrected chi connectivity index (χ3v) is 7.78. The summed E-state index contributed by atoms with van der Waals surface area (Å²) < 4.78 is 40.1. The molecule has 0 spiro atoms. The fourth-order valence-corrected chi connectivity index (χ4v) is 5.97. The zero-order valence-corrected chi connectivity index (χ0v) is 23.9. The first-order valence-electron chi connectivity index (χ1n) is 13.3. The predicted molar refractivity (Wildman–Crippen MR) is 162 cm³/mol. The summed E-state index contributed by atoms with van der Waals surface area (Å²) in [6, 6.07) is 23.7. The van der Waals surface area contributed by atoms with Crippen molar-refractivity contribution < 1.29 is 17.9 Å². The molecule has 0 saturated carbocycles. The highest BCUT2D eigenvalue weighted by atomic mass is 32.2. The maximum atomic E-state index is 11.9. The van der Waals surface area contributed by atoms with Crippen LogP contribution < -0.4 is 14.2 Å². The summed E-state index contributed by atoms with van der Waals surface area (Å²) >= 11 is 0. The van der Waals surface area contributed by atoms with E-state index in [4.69, 9.17) is 14.6 Å². The molecule has 1 aliphatic heterocycles. The highest BCUT2D eigenvalue weighted by Crippen LogP contribution is 2.43. The molecule has 3 aromatic carbocycles. The number of hydrogen-bond donors (Lipinski definition) is 1. The zero-order valence-electron chi connectivity index (χ0n) is 23.1. The smallest absolute Gasteiger partial charge is 0.229 e. The molecule has 3 heterocycles. The van der Waals surface area contributed by atoms with Crippen molar-refractivity contribution in [3.63, 3.8) is 0 Å². The van der Waals surface area contributed by atoms with E-state index >= 15 is 0 Å². The summed E-state index contributed by atoms with van der Waals surface area (Å²) in [4.78, 5) is 4.56. The molecule has 0 amide bonds. The first-order chi connectivity index (χ1) is 19.8. The minimum atomic E-state index is -3.42. The van der Waals surface area contributed by atoms with Gasteiger partial charge in [0.1, 0.15) is 12.4 Å². The van der Waals surface area contributed by atoms with Gasteiger partial charge in [-0.3, -0.25) is 9.40 Å². The molecule has 0 bridgehead atoms. The van der Waals surface area contributed by atoms with Gasteiger partial charge in [-0.1, -0.05) is 31.2 Å². The number of fused-ring (bicyclic) bond motifs is 3. The van der Waals surface area contributed by atoms with Gasteiger partial charge in [-0.2, -0.15) is 5.10 Å². The molecule has 0 atom stereocenters. The highest BCUT2D eigenvalue weighted by molar-refractivity contribution is 7.92. The van der Waals surface area contributed by atoms with Gasteiger partial charge in [0.15, 0.2) is 0 Å². The van der Waals surface area contributed by atoms with Crippen molar-refractivity contribution in [3.05, 3.63) is 113 Å². The number of allylic oxidation sites excluding steroid dienone is 1. The van der Waals surface area contributed by atoms with Crippen LogP contribution in [0.15, 0.2) is 85.2 Å². The monoisotopic (exact) mass is 566 g/mol. The number of hydrogen-bond acceptors (Lipinski definition) is 6. The van der Waals surface area contributed by atoms with Gasteiger partial charge in [-0.15, -0.1) is 0 Å². The van der Waals surface area contributed by atoms with E-state index < -0.39 is 10.0 Å². The average Bonchev–Trinajstić information content (AvgIpc) is 3.27. The van der Waals surface area contributed by atoms with Crippen LogP contribution in [0, 0.1) is 0 Å². The number of benzene rings is 3. The van der Waals surface area contributed by atoms with Gasteiger partial charge in [0, 0.05) is 22.8 Å². The van der Waals surface area contributed by atoms with Crippen molar-refractivity contribution in [1.29, 1.82) is 0 Å². The predicted octanol–water partition coefficient (Wildman–Crippen LogP) is 6.12. The summed E-state index contributed by atoms with van der Waals surface area (Å²) in [5.41, 5.74) is 8.58. The fraction of sp³-hybridized carbons (Fsp3) is 0.188. The lowest BCUT2D eigenvalue weighted by molar-refractivity contribution is 0.295. The molecule has 1 N–H and O–H groups in total. The molecule has 0 saturated heterocycles. The van der Waals surface area contributed by atoms with Crippen molar-refractivity contribution in [2.45, 2.75) is 26.5 Å². The van der Waals surface area contributed by atoms with Gasteiger partial charge in [0.2, 0.25) is 15.9 Å². The lowest BCUT2D eigenvalue weighted by Gasteiger charge is -2.18. The van der Waals surface area contributed by atoms with Crippen LogP contribution in [-0.2, 0) is 23.2 Å². The standard InChI is InChI=1S/C32H30N4O4S/c1-4-27(22-9-6-10-25(15-22)35-41(3,37)38)31-28-12-7-13-33-32(28)40-20-24-17-30-23(16-29(24)31)18-34-36(30)19-21-8-5-11-26(14-21)39-2/h5-18,35H,4,19-20H2,1-3H3/b31-27+. The number of ether oxygens (including phenoxy) is 2. The Balaban J connectivity index is 1.53. The van der Waals surface area contributed by atoms with E-state index in [1.807, 2.05) is 59.4 Å². The summed E-state index contributed by atoms with van der Waals surface area (Å²) in [5.74, 6) is 1.38. The first-order valence-corrected chi connectivity index (χ1v) is 15.2. The Kier molecular flexibility index (Phi) is 6.96. The topological polar surface area (TPSA) is 95.3 Å². The lowest BCUT2D eigenvalue weighted by atomic mass is 9.86. The molecule has 0 fully saturated rings. The van der Waals surface area contributed by atoms with E-state index in [2.05, 4.69) is 34.8 Å². The number of sulfonamides is 1. The molecule has 5 aromatic rings. The van der Waals surface area contributed by atoms with E-state index in [1.54, 1.807) is 19.4 Å². The van der Waals surface area contributed by atoms with E-state index in [0.29, 0.717) is 31.1 Å². The van der Waals surface area contributed by atoms with Crippen LogP contribution in [0.4, 0.5) is 5.69 Å². The van der Waals surface area contributed by atoms with Crippen LogP contribution in [0.5, 0.6) is 11.6 Å². The largest absolute Gasteiger partial charge is 0.497 e. The number of pyridine rings is 1. The SMILES string of the molecule is CC/C(=C1\c2cc3cnn(Cc4cccc(OC)c4)c3cc2COc2ncccc21)c1cccc(NS(C)(=O)=O)c1. The van der Waals surface area contributed by atoms with E-state index in [0.717, 1.165) is 61.9 Å². The second-order valence-electron chi connectivity index (χ2n) is 10.0. The average molecular weight is 567 g/mol. The van der Waals surface area contributed by atoms with E-state index in [-0.39, 0.29) is 0 Å². The molecular formula is C32H30N4O4S. The van der Waals surface area contributed by atoms with Gasteiger partial charge >= 0.3 is 0 Å². The quantitative estimate of drug-likeness (QED) is 0.255. The number of nitrogens with zero attached hydrogens (tertiary/aromatic N) is 3. The second kappa shape index (κ2) is 10.7. The Morgan fingerprint density at radius 2 is 1.90 bits per heavy atom. The first kappa shape index (κ1) is 26.6. The third-order valence-electron chi connectivity index (χ3n) is 7.18. The van der Waals surface area contributed by atoms with Gasteiger partial charge in [-0.05, 0) is 88.4 Å². The molecule has 0 aliphatic carbocycles. The molecule has 0 unspecified atom stereocenters. The van der Waals surface area contributed by atoms with Crippen molar-refractivity contribution in [1.82, 2.24) is 14.8 Å². The number of rotatable bonds is 7. The van der Waals surface area contributed by atoms with Crippen molar-refractivity contribution in [3.8, 4) is 11.6 Å².